The van der Waals surface area contributed by atoms with E-state index in [1.807, 2.05) is 37.3 Å². The van der Waals surface area contributed by atoms with Crippen molar-refractivity contribution in [3.8, 4) is 11.1 Å². The fourth-order valence-corrected chi connectivity index (χ4v) is 3.90. The molecule has 0 amide bonds. The predicted molar refractivity (Wildman–Crippen MR) is 108 cm³/mol. The van der Waals surface area contributed by atoms with Gasteiger partial charge in [-0.1, -0.05) is 37.6 Å². The van der Waals surface area contributed by atoms with Gasteiger partial charge in [0, 0.05) is 17.0 Å². The van der Waals surface area contributed by atoms with Gasteiger partial charge < -0.3 is 4.98 Å². The lowest BCUT2D eigenvalue weighted by molar-refractivity contribution is -0.137. The Morgan fingerprint density at radius 1 is 1.07 bits per heavy atom. The van der Waals surface area contributed by atoms with E-state index in [4.69, 9.17) is 0 Å². The molecule has 2 aromatic carbocycles. The van der Waals surface area contributed by atoms with Gasteiger partial charge in [-0.05, 0) is 60.2 Å². The van der Waals surface area contributed by atoms with Gasteiger partial charge in [0.1, 0.15) is 5.65 Å². The molecule has 0 radical (unpaired) electrons. The van der Waals surface area contributed by atoms with E-state index < -0.39 is 11.7 Å². The zero-order valence-electron chi connectivity index (χ0n) is 16.0. The quantitative estimate of drug-likeness (QED) is 0.407. The minimum absolute atomic E-state index is 0.201. The molecule has 4 rings (SSSR count). The minimum Gasteiger partial charge on any atom is -0.339 e. The van der Waals surface area contributed by atoms with E-state index in [-0.39, 0.29) is 5.56 Å². The molecule has 0 aliphatic carbocycles. The van der Waals surface area contributed by atoms with Gasteiger partial charge in [-0.15, -0.1) is 0 Å². The third-order valence-corrected chi connectivity index (χ3v) is 5.21. The largest absolute Gasteiger partial charge is 0.416 e. The summed E-state index contributed by atoms with van der Waals surface area (Å²) in [6.45, 7) is 5.54. The average molecular weight is 382 g/mol. The lowest BCUT2D eigenvalue weighted by Crippen LogP contribution is -2.08. The molecule has 0 aliphatic rings. The molecule has 0 fully saturated rings. The van der Waals surface area contributed by atoms with Crippen LogP contribution in [0, 0.1) is 13.8 Å². The van der Waals surface area contributed by atoms with Gasteiger partial charge in [0.05, 0.1) is 11.1 Å². The first-order valence-electron chi connectivity index (χ1n) is 9.37. The number of alkyl halides is 3. The van der Waals surface area contributed by atoms with Crippen LogP contribution in [0.15, 0.2) is 42.6 Å². The number of hydrogen-bond donors (Lipinski definition) is 1. The van der Waals surface area contributed by atoms with Gasteiger partial charge in [0.25, 0.3) is 0 Å². The first kappa shape index (κ1) is 18.5. The lowest BCUT2D eigenvalue weighted by Gasteiger charge is -2.15. The van der Waals surface area contributed by atoms with E-state index in [1.165, 1.54) is 13.0 Å². The van der Waals surface area contributed by atoms with Crippen molar-refractivity contribution in [1.29, 1.82) is 0 Å². The van der Waals surface area contributed by atoms with Crippen molar-refractivity contribution < 1.29 is 13.2 Å². The highest BCUT2D eigenvalue weighted by Gasteiger charge is 2.34. The molecule has 2 aromatic heterocycles. The van der Waals surface area contributed by atoms with Crippen molar-refractivity contribution in [2.24, 2.45) is 0 Å². The van der Waals surface area contributed by atoms with E-state index >= 15 is 0 Å². The number of halogens is 3. The van der Waals surface area contributed by atoms with Crippen molar-refractivity contribution in [2.75, 3.05) is 0 Å². The van der Waals surface area contributed by atoms with Crippen LogP contribution in [-0.4, -0.2) is 9.97 Å². The van der Waals surface area contributed by atoms with Crippen molar-refractivity contribution in [1.82, 2.24) is 9.97 Å². The Balaban J connectivity index is 2.13. The number of pyridine rings is 1. The molecule has 144 valence electrons. The molecule has 2 nitrogen and oxygen atoms in total. The third kappa shape index (κ3) is 3.05. The van der Waals surface area contributed by atoms with E-state index in [2.05, 4.69) is 16.9 Å². The van der Waals surface area contributed by atoms with Crippen LogP contribution in [0.4, 0.5) is 13.2 Å². The smallest absolute Gasteiger partial charge is 0.339 e. The molecule has 0 bridgehead atoms. The summed E-state index contributed by atoms with van der Waals surface area (Å²) >= 11 is 0. The van der Waals surface area contributed by atoms with Crippen LogP contribution >= 0.6 is 0 Å². The number of rotatable bonds is 3. The van der Waals surface area contributed by atoms with Gasteiger partial charge in [-0.2, -0.15) is 13.2 Å². The highest BCUT2D eigenvalue weighted by molar-refractivity contribution is 6.14. The maximum atomic E-state index is 13.8. The van der Waals surface area contributed by atoms with Crippen molar-refractivity contribution in [3.63, 3.8) is 0 Å². The van der Waals surface area contributed by atoms with Gasteiger partial charge in [-0.3, -0.25) is 0 Å². The number of aromatic amines is 1. The molecule has 5 heteroatoms. The maximum Gasteiger partial charge on any atom is 0.416 e. The fraction of sp³-hybridized carbons (Fsp3) is 0.261. The van der Waals surface area contributed by atoms with Gasteiger partial charge in [0.2, 0.25) is 0 Å². The standard InChI is InChI=1S/C23H21F3N2/c1-4-6-15-7-5-8-16(10-15)17-11-19(23(24,25)26)14(3)21-20(17)18-9-13(2)12-27-22(18)28-21/h5,7-12H,4,6H2,1-3H3,(H,27,28). The first-order valence-corrected chi connectivity index (χ1v) is 9.37. The van der Waals surface area contributed by atoms with Crippen LogP contribution < -0.4 is 0 Å². The number of H-pyrrole nitrogens is 1. The second kappa shape index (κ2) is 6.66. The molecule has 0 saturated heterocycles. The number of fused-ring (bicyclic) bond motifs is 3. The molecule has 0 aliphatic heterocycles. The summed E-state index contributed by atoms with van der Waals surface area (Å²) in [6.07, 6.45) is -0.825. The average Bonchev–Trinajstić information content (AvgIpc) is 3.01. The first-order chi connectivity index (χ1) is 13.3. The van der Waals surface area contributed by atoms with Crippen LogP contribution in [-0.2, 0) is 12.6 Å². The Morgan fingerprint density at radius 2 is 1.86 bits per heavy atom. The molecule has 1 N–H and O–H groups in total. The molecule has 0 unspecified atom stereocenters. The summed E-state index contributed by atoms with van der Waals surface area (Å²) in [5.74, 6) is 0. The topological polar surface area (TPSA) is 28.7 Å². The van der Waals surface area contributed by atoms with Gasteiger partial charge >= 0.3 is 6.18 Å². The van der Waals surface area contributed by atoms with Crippen LogP contribution in [0.3, 0.4) is 0 Å². The highest BCUT2D eigenvalue weighted by Crippen LogP contribution is 2.42. The third-order valence-electron chi connectivity index (χ3n) is 5.21. The van der Waals surface area contributed by atoms with Crippen LogP contribution in [0.5, 0.6) is 0 Å². The van der Waals surface area contributed by atoms with E-state index in [1.54, 1.807) is 6.20 Å². The molecule has 0 saturated carbocycles. The molecular weight excluding hydrogens is 361 g/mol. The van der Waals surface area contributed by atoms with Crippen molar-refractivity contribution >= 4 is 21.9 Å². The summed E-state index contributed by atoms with van der Waals surface area (Å²) in [7, 11) is 0. The minimum atomic E-state index is -4.42. The summed E-state index contributed by atoms with van der Waals surface area (Å²) in [4.78, 5) is 7.52. The second-order valence-electron chi connectivity index (χ2n) is 7.33. The molecular formula is C23H21F3N2. The maximum absolute atomic E-state index is 13.8. The number of aromatic nitrogens is 2. The Kier molecular flexibility index (Phi) is 4.41. The number of nitrogens with one attached hydrogen (secondary N) is 1. The Bertz CT molecular complexity index is 1190. The van der Waals surface area contributed by atoms with Crippen LogP contribution in [0.2, 0.25) is 0 Å². The second-order valence-corrected chi connectivity index (χ2v) is 7.33. The van der Waals surface area contributed by atoms with Gasteiger partial charge in [0.15, 0.2) is 0 Å². The van der Waals surface area contributed by atoms with Crippen LogP contribution in [0.1, 0.15) is 35.6 Å². The SMILES string of the molecule is CCCc1cccc(-c2cc(C(F)(F)F)c(C)c3[nH]c4ncc(C)cc4c23)c1. The van der Waals surface area contributed by atoms with Gasteiger partial charge in [-0.25, -0.2) is 4.98 Å². The lowest BCUT2D eigenvalue weighted by atomic mass is 9.92. The zero-order chi connectivity index (χ0) is 20.1. The Morgan fingerprint density at radius 3 is 2.57 bits per heavy atom. The zero-order valence-corrected chi connectivity index (χ0v) is 16.0. The summed E-state index contributed by atoms with van der Waals surface area (Å²) in [5.41, 5.74) is 4.17. The van der Waals surface area contributed by atoms with E-state index in [0.29, 0.717) is 16.7 Å². The number of benzene rings is 2. The monoisotopic (exact) mass is 382 g/mol. The molecule has 0 atom stereocenters. The Labute approximate surface area is 161 Å². The van der Waals surface area contributed by atoms with Crippen LogP contribution in [0.25, 0.3) is 33.1 Å². The Hall–Kier alpha value is -2.82. The number of hydrogen-bond acceptors (Lipinski definition) is 1. The van der Waals surface area contributed by atoms with Crippen molar-refractivity contribution in [2.45, 2.75) is 39.8 Å². The molecule has 28 heavy (non-hydrogen) atoms. The number of aryl methyl sites for hydroxylation is 3. The van der Waals surface area contributed by atoms with E-state index in [0.717, 1.165) is 40.3 Å². The molecule has 2 heterocycles. The van der Waals surface area contributed by atoms with Crippen molar-refractivity contribution in [3.05, 3.63) is 64.8 Å². The highest BCUT2D eigenvalue weighted by atomic mass is 19.4. The number of nitrogens with zero attached hydrogens (tertiary/aromatic N) is 1. The predicted octanol–water partition coefficient (Wildman–Crippen LogP) is 6.97. The normalized spacial score (nSPS) is 12.2. The molecule has 4 aromatic rings. The summed E-state index contributed by atoms with van der Waals surface area (Å²) < 4.78 is 41.3. The van der Waals surface area contributed by atoms with E-state index in [9.17, 15) is 13.2 Å². The fourth-order valence-electron chi connectivity index (χ4n) is 3.90. The molecule has 0 spiro atoms. The summed E-state index contributed by atoms with van der Waals surface area (Å²) in [6, 6.07) is 11.1. The summed E-state index contributed by atoms with van der Waals surface area (Å²) in [5, 5.41) is 1.65.